The Morgan fingerprint density at radius 1 is 1.29 bits per heavy atom. The van der Waals surface area contributed by atoms with Gasteiger partial charge in [-0.2, -0.15) is 0 Å². The third-order valence-corrected chi connectivity index (χ3v) is 3.45. The van der Waals surface area contributed by atoms with Gasteiger partial charge in [-0.15, -0.1) is 0 Å². The van der Waals surface area contributed by atoms with Gasteiger partial charge in [-0.1, -0.05) is 37.3 Å². The molecule has 0 bridgehead atoms. The van der Waals surface area contributed by atoms with Crippen molar-refractivity contribution in [3.63, 3.8) is 0 Å². The van der Waals surface area contributed by atoms with E-state index in [-0.39, 0.29) is 0 Å². The van der Waals surface area contributed by atoms with Crippen LogP contribution < -0.4 is 5.32 Å². The first-order chi connectivity index (χ1) is 8.34. The molecule has 0 aliphatic carbocycles. The fourth-order valence-corrected chi connectivity index (χ4v) is 2.54. The highest BCUT2D eigenvalue weighted by atomic mass is 15.2. The Balaban J connectivity index is 1.70. The number of hydrogen-bond donors (Lipinski definition) is 1. The zero-order chi connectivity index (χ0) is 11.9. The van der Waals surface area contributed by atoms with Gasteiger partial charge in [-0.25, -0.2) is 0 Å². The number of nitrogens with one attached hydrogen (secondary N) is 1. The quantitative estimate of drug-likeness (QED) is 0.856. The highest BCUT2D eigenvalue weighted by Crippen LogP contribution is 2.06. The van der Waals surface area contributed by atoms with Crippen LogP contribution in [0.15, 0.2) is 30.3 Å². The van der Waals surface area contributed by atoms with Gasteiger partial charge in [0.25, 0.3) is 0 Å². The lowest BCUT2D eigenvalue weighted by Crippen LogP contribution is -2.30. The first-order valence-corrected chi connectivity index (χ1v) is 6.81. The largest absolute Gasteiger partial charge is 0.315 e. The highest BCUT2D eigenvalue weighted by Gasteiger charge is 2.13. The van der Waals surface area contributed by atoms with Crippen LogP contribution in [0.2, 0.25) is 0 Å². The maximum atomic E-state index is 3.49. The van der Waals surface area contributed by atoms with Crippen LogP contribution in [0.3, 0.4) is 0 Å². The Morgan fingerprint density at radius 2 is 2.12 bits per heavy atom. The van der Waals surface area contributed by atoms with E-state index in [0.29, 0.717) is 0 Å². The predicted octanol–water partition coefficient (Wildman–Crippen LogP) is 2.16. The minimum Gasteiger partial charge on any atom is -0.315 e. The zero-order valence-corrected chi connectivity index (χ0v) is 10.9. The first kappa shape index (κ1) is 12.6. The molecule has 0 aromatic heterocycles. The van der Waals surface area contributed by atoms with E-state index in [1.807, 2.05) is 0 Å². The average molecular weight is 232 g/mol. The standard InChI is InChI=1S/C15H24N2/c1-14-12-16-9-11-17(13-14)10-5-8-15-6-3-2-4-7-15/h2-4,6-7,14,16H,5,8-13H2,1H3. The molecule has 1 aromatic rings. The molecule has 1 aliphatic heterocycles. The summed E-state index contributed by atoms with van der Waals surface area (Å²) in [4.78, 5) is 2.60. The number of benzene rings is 1. The number of nitrogens with zero attached hydrogens (tertiary/aromatic N) is 1. The Kier molecular flexibility index (Phi) is 5.02. The fourth-order valence-electron chi connectivity index (χ4n) is 2.54. The molecule has 1 aliphatic rings. The summed E-state index contributed by atoms with van der Waals surface area (Å²) in [5, 5.41) is 3.49. The maximum absolute atomic E-state index is 3.49. The average Bonchev–Trinajstić information content (AvgIpc) is 2.55. The smallest absolute Gasteiger partial charge is 0.0107 e. The topological polar surface area (TPSA) is 15.3 Å². The van der Waals surface area contributed by atoms with Gasteiger partial charge < -0.3 is 10.2 Å². The lowest BCUT2D eigenvalue weighted by molar-refractivity contribution is 0.262. The Bertz CT molecular complexity index is 310. The SMILES string of the molecule is CC1CNCCN(CCCc2ccccc2)C1. The zero-order valence-electron chi connectivity index (χ0n) is 10.9. The molecular formula is C15H24N2. The van der Waals surface area contributed by atoms with Crippen LogP contribution in [0.5, 0.6) is 0 Å². The molecule has 0 spiro atoms. The first-order valence-electron chi connectivity index (χ1n) is 6.81. The van der Waals surface area contributed by atoms with E-state index < -0.39 is 0 Å². The van der Waals surface area contributed by atoms with Gasteiger partial charge in [0.05, 0.1) is 0 Å². The molecule has 1 saturated heterocycles. The van der Waals surface area contributed by atoms with Crippen molar-refractivity contribution in [3.05, 3.63) is 35.9 Å². The lowest BCUT2D eigenvalue weighted by atomic mass is 10.1. The summed E-state index contributed by atoms with van der Waals surface area (Å²) >= 11 is 0. The van der Waals surface area contributed by atoms with Crippen molar-refractivity contribution < 1.29 is 0 Å². The fraction of sp³-hybridized carbons (Fsp3) is 0.600. The second kappa shape index (κ2) is 6.77. The van der Waals surface area contributed by atoms with Crippen molar-refractivity contribution >= 4 is 0 Å². The van der Waals surface area contributed by atoms with Crippen molar-refractivity contribution in [1.29, 1.82) is 0 Å². The maximum Gasteiger partial charge on any atom is 0.0107 e. The number of rotatable bonds is 4. The van der Waals surface area contributed by atoms with Crippen LogP contribution in [0.25, 0.3) is 0 Å². The van der Waals surface area contributed by atoms with E-state index >= 15 is 0 Å². The van der Waals surface area contributed by atoms with E-state index in [1.165, 1.54) is 44.6 Å². The molecule has 1 heterocycles. The molecule has 1 unspecified atom stereocenters. The summed E-state index contributed by atoms with van der Waals surface area (Å²) in [6.45, 7) is 8.36. The Morgan fingerprint density at radius 3 is 2.94 bits per heavy atom. The molecule has 2 heteroatoms. The van der Waals surface area contributed by atoms with Gasteiger partial charge in [0.1, 0.15) is 0 Å². The van der Waals surface area contributed by atoms with Crippen LogP contribution in [0.4, 0.5) is 0 Å². The molecule has 0 saturated carbocycles. The van der Waals surface area contributed by atoms with E-state index in [1.54, 1.807) is 0 Å². The molecule has 94 valence electrons. The minimum absolute atomic E-state index is 0.786. The van der Waals surface area contributed by atoms with Gasteiger partial charge in [-0.05, 0) is 37.4 Å². The molecule has 1 N–H and O–H groups in total. The third-order valence-electron chi connectivity index (χ3n) is 3.45. The van der Waals surface area contributed by atoms with Crippen molar-refractivity contribution in [2.45, 2.75) is 19.8 Å². The van der Waals surface area contributed by atoms with E-state index in [4.69, 9.17) is 0 Å². The van der Waals surface area contributed by atoms with Gasteiger partial charge >= 0.3 is 0 Å². The van der Waals surface area contributed by atoms with Gasteiger partial charge in [-0.3, -0.25) is 0 Å². The molecule has 1 fully saturated rings. The summed E-state index contributed by atoms with van der Waals surface area (Å²) < 4.78 is 0. The number of aryl methyl sites for hydroxylation is 1. The lowest BCUT2D eigenvalue weighted by Gasteiger charge is -2.21. The van der Waals surface area contributed by atoms with Crippen LogP contribution in [0, 0.1) is 5.92 Å². The van der Waals surface area contributed by atoms with Crippen molar-refractivity contribution in [2.24, 2.45) is 5.92 Å². The normalized spacial score (nSPS) is 22.3. The molecule has 1 aromatic carbocycles. The van der Waals surface area contributed by atoms with Crippen LogP contribution in [-0.4, -0.2) is 37.6 Å². The van der Waals surface area contributed by atoms with Gasteiger partial charge in [0, 0.05) is 19.6 Å². The summed E-state index contributed by atoms with van der Waals surface area (Å²) in [6.07, 6.45) is 2.48. The summed E-state index contributed by atoms with van der Waals surface area (Å²) in [5.41, 5.74) is 1.47. The Hall–Kier alpha value is -0.860. The van der Waals surface area contributed by atoms with Crippen LogP contribution in [0.1, 0.15) is 18.9 Å². The second-order valence-corrected chi connectivity index (χ2v) is 5.20. The van der Waals surface area contributed by atoms with Crippen molar-refractivity contribution in [2.75, 3.05) is 32.7 Å². The molecule has 1 atom stereocenters. The molecule has 17 heavy (non-hydrogen) atoms. The van der Waals surface area contributed by atoms with Crippen molar-refractivity contribution in [1.82, 2.24) is 10.2 Å². The molecule has 0 amide bonds. The highest BCUT2D eigenvalue weighted by molar-refractivity contribution is 5.14. The van der Waals surface area contributed by atoms with Gasteiger partial charge in [0.2, 0.25) is 0 Å². The van der Waals surface area contributed by atoms with Crippen LogP contribution in [-0.2, 0) is 6.42 Å². The molecule has 2 nitrogen and oxygen atoms in total. The van der Waals surface area contributed by atoms with Gasteiger partial charge in [0.15, 0.2) is 0 Å². The monoisotopic (exact) mass is 232 g/mol. The molecular weight excluding hydrogens is 208 g/mol. The van der Waals surface area contributed by atoms with E-state index in [9.17, 15) is 0 Å². The van der Waals surface area contributed by atoms with E-state index in [0.717, 1.165) is 12.5 Å². The van der Waals surface area contributed by atoms with Crippen molar-refractivity contribution in [3.8, 4) is 0 Å². The second-order valence-electron chi connectivity index (χ2n) is 5.20. The predicted molar refractivity (Wildman–Crippen MR) is 73.2 cm³/mol. The summed E-state index contributed by atoms with van der Waals surface area (Å²) in [6, 6.07) is 10.8. The van der Waals surface area contributed by atoms with E-state index in [2.05, 4.69) is 47.5 Å². The molecule has 0 radical (unpaired) electrons. The third kappa shape index (κ3) is 4.49. The number of hydrogen-bond acceptors (Lipinski definition) is 2. The summed E-state index contributed by atoms with van der Waals surface area (Å²) in [7, 11) is 0. The molecule has 2 rings (SSSR count). The minimum atomic E-state index is 0.786. The Labute approximate surface area is 105 Å². The summed E-state index contributed by atoms with van der Waals surface area (Å²) in [5.74, 6) is 0.786. The van der Waals surface area contributed by atoms with Crippen LogP contribution >= 0.6 is 0 Å².